The SMILES string of the molecule is CC(C)c1nc(-c2ccc3c(c2)NS(=O)(=O)C3)cs1. The topological polar surface area (TPSA) is 59.1 Å². The number of anilines is 1. The lowest BCUT2D eigenvalue weighted by molar-refractivity contribution is 0.602. The maximum absolute atomic E-state index is 11.5. The number of aromatic nitrogens is 1. The average Bonchev–Trinajstić information content (AvgIpc) is 2.89. The van der Waals surface area contributed by atoms with E-state index in [9.17, 15) is 8.42 Å². The summed E-state index contributed by atoms with van der Waals surface area (Å²) in [6.07, 6.45) is 0. The van der Waals surface area contributed by atoms with Gasteiger partial charge in [0.25, 0.3) is 0 Å². The Labute approximate surface area is 116 Å². The minimum atomic E-state index is -3.18. The molecule has 1 aliphatic rings. The van der Waals surface area contributed by atoms with Crippen LogP contribution in [0.25, 0.3) is 11.3 Å². The molecule has 0 aliphatic carbocycles. The molecule has 6 heteroatoms. The van der Waals surface area contributed by atoms with Gasteiger partial charge in [-0.25, -0.2) is 13.4 Å². The zero-order chi connectivity index (χ0) is 13.6. The highest BCUT2D eigenvalue weighted by atomic mass is 32.2. The van der Waals surface area contributed by atoms with E-state index in [-0.39, 0.29) is 5.75 Å². The summed E-state index contributed by atoms with van der Waals surface area (Å²) in [5, 5.41) is 3.11. The third-order valence-corrected chi connectivity index (χ3v) is 5.40. The zero-order valence-corrected chi connectivity index (χ0v) is 12.3. The fourth-order valence-electron chi connectivity index (χ4n) is 2.05. The Morgan fingerprint density at radius 1 is 1.37 bits per heavy atom. The number of nitrogens with zero attached hydrogens (tertiary/aromatic N) is 1. The molecular weight excluding hydrogens is 280 g/mol. The summed E-state index contributed by atoms with van der Waals surface area (Å²) >= 11 is 1.64. The van der Waals surface area contributed by atoms with Crippen molar-refractivity contribution in [3.63, 3.8) is 0 Å². The monoisotopic (exact) mass is 294 g/mol. The standard InChI is InChI=1S/C13H14N2O2S2/c1-8(2)13-14-12(6-18-13)9-3-4-10-7-19(16,17)15-11(10)5-9/h3-6,8,15H,7H2,1-2H3. The minimum absolute atomic E-state index is 0.0664. The largest absolute Gasteiger partial charge is 0.283 e. The second-order valence-corrected chi connectivity index (χ2v) is 7.57. The number of thiazole rings is 1. The Morgan fingerprint density at radius 2 is 2.16 bits per heavy atom. The van der Waals surface area contributed by atoms with Gasteiger partial charge in [-0.2, -0.15) is 0 Å². The molecule has 1 aromatic carbocycles. The first kappa shape index (κ1) is 12.6. The molecule has 19 heavy (non-hydrogen) atoms. The number of hydrogen-bond donors (Lipinski definition) is 1. The van der Waals surface area contributed by atoms with Gasteiger partial charge in [-0.15, -0.1) is 11.3 Å². The van der Waals surface area contributed by atoms with Crippen LogP contribution in [0.15, 0.2) is 23.6 Å². The summed E-state index contributed by atoms with van der Waals surface area (Å²) in [6, 6.07) is 5.65. The summed E-state index contributed by atoms with van der Waals surface area (Å²) in [5.41, 5.74) is 3.36. The van der Waals surface area contributed by atoms with Crippen molar-refractivity contribution in [3.05, 3.63) is 34.2 Å². The average molecular weight is 294 g/mol. The molecule has 1 aliphatic heterocycles. The lowest BCUT2D eigenvalue weighted by atomic mass is 10.1. The molecule has 0 amide bonds. The van der Waals surface area contributed by atoms with E-state index in [2.05, 4.69) is 23.6 Å². The van der Waals surface area contributed by atoms with Crippen LogP contribution >= 0.6 is 11.3 Å². The highest BCUT2D eigenvalue weighted by Gasteiger charge is 2.23. The third-order valence-electron chi connectivity index (χ3n) is 3.03. The summed E-state index contributed by atoms with van der Waals surface area (Å²) in [7, 11) is -3.18. The molecular formula is C13H14N2O2S2. The molecule has 0 fully saturated rings. The highest BCUT2D eigenvalue weighted by Crippen LogP contribution is 2.33. The summed E-state index contributed by atoms with van der Waals surface area (Å²) < 4.78 is 25.6. The first-order valence-corrected chi connectivity index (χ1v) is 8.57. The first-order valence-electron chi connectivity index (χ1n) is 6.04. The quantitative estimate of drug-likeness (QED) is 0.925. The van der Waals surface area contributed by atoms with E-state index in [1.165, 1.54) is 0 Å². The van der Waals surface area contributed by atoms with Gasteiger partial charge in [-0.1, -0.05) is 26.0 Å². The first-order chi connectivity index (χ1) is 8.94. The van der Waals surface area contributed by atoms with Crippen molar-refractivity contribution in [2.24, 2.45) is 0 Å². The zero-order valence-electron chi connectivity index (χ0n) is 10.7. The van der Waals surface area contributed by atoms with Crippen LogP contribution in [0.2, 0.25) is 0 Å². The number of sulfonamides is 1. The molecule has 1 aromatic heterocycles. The van der Waals surface area contributed by atoms with Gasteiger partial charge in [-0.3, -0.25) is 4.72 Å². The molecule has 3 rings (SSSR count). The van der Waals surface area contributed by atoms with Crippen molar-refractivity contribution >= 4 is 27.0 Å². The van der Waals surface area contributed by atoms with Crippen LogP contribution in [-0.4, -0.2) is 13.4 Å². The van der Waals surface area contributed by atoms with Crippen LogP contribution in [0.5, 0.6) is 0 Å². The van der Waals surface area contributed by atoms with E-state index in [0.717, 1.165) is 21.8 Å². The molecule has 0 saturated heterocycles. The molecule has 100 valence electrons. The van der Waals surface area contributed by atoms with E-state index in [1.807, 2.05) is 23.6 Å². The van der Waals surface area contributed by atoms with Crippen molar-refractivity contribution < 1.29 is 8.42 Å². The third kappa shape index (κ3) is 2.37. The van der Waals surface area contributed by atoms with Gasteiger partial charge in [0.1, 0.15) is 0 Å². The van der Waals surface area contributed by atoms with E-state index < -0.39 is 10.0 Å². The summed E-state index contributed by atoms with van der Waals surface area (Å²) in [5.74, 6) is 0.475. The number of fused-ring (bicyclic) bond motifs is 1. The number of nitrogens with one attached hydrogen (secondary N) is 1. The second-order valence-electron chi connectivity index (χ2n) is 4.96. The fourth-order valence-corrected chi connectivity index (χ4v) is 4.15. The van der Waals surface area contributed by atoms with E-state index in [1.54, 1.807) is 11.3 Å². The van der Waals surface area contributed by atoms with Crippen molar-refractivity contribution in [3.8, 4) is 11.3 Å². The molecule has 0 radical (unpaired) electrons. The van der Waals surface area contributed by atoms with Gasteiger partial charge in [-0.05, 0) is 11.6 Å². The smallest absolute Gasteiger partial charge is 0.237 e. The lowest BCUT2D eigenvalue weighted by Crippen LogP contribution is -2.05. The van der Waals surface area contributed by atoms with Crippen molar-refractivity contribution in [1.29, 1.82) is 0 Å². The molecule has 2 aromatic rings. The number of benzene rings is 1. The van der Waals surface area contributed by atoms with Crippen molar-refractivity contribution in [2.75, 3.05) is 4.72 Å². The Morgan fingerprint density at radius 3 is 2.84 bits per heavy atom. The Kier molecular flexibility index (Phi) is 2.87. The Hall–Kier alpha value is -1.40. The predicted molar refractivity (Wildman–Crippen MR) is 77.9 cm³/mol. The molecule has 0 atom stereocenters. The number of rotatable bonds is 2. The summed E-state index contributed by atoms with van der Waals surface area (Å²) in [4.78, 5) is 4.58. The molecule has 0 bridgehead atoms. The van der Waals surface area contributed by atoms with Crippen LogP contribution in [0.3, 0.4) is 0 Å². The van der Waals surface area contributed by atoms with Gasteiger partial charge in [0, 0.05) is 16.9 Å². The Balaban J connectivity index is 1.99. The maximum Gasteiger partial charge on any atom is 0.237 e. The van der Waals surface area contributed by atoms with E-state index >= 15 is 0 Å². The summed E-state index contributed by atoms with van der Waals surface area (Å²) in [6.45, 7) is 4.22. The molecule has 4 nitrogen and oxygen atoms in total. The second kappa shape index (κ2) is 4.31. The highest BCUT2D eigenvalue weighted by molar-refractivity contribution is 7.92. The lowest BCUT2D eigenvalue weighted by Gasteiger charge is -2.02. The van der Waals surface area contributed by atoms with Crippen molar-refractivity contribution in [2.45, 2.75) is 25.5 Å². The normalized spacial score (nSPS) is 16.4. The number of hydrogen-bond acceptors (Lipinski definition) is 4. The van der Waals surface area contributed by atoms with Gasteiger partial charge in [0.15, 0.2) is 0 Å². The van der Waals surface area contributed by atoms with Crippen LogP contribution in [0.1, 0.15) is 30.3 Å². The molecule has 0 saturated carbocycles. The molecule has 1 N–H and O–H groups in total. The Bertz CT molecular complexity index is 733. The van der Waals surface area contributed by atoms with Gasteiger partial charge in [0.05, 0.1) is 22.1 Å². The van der Waals surface area contributed by atoms with Gasteiger partial charge in [0.2, 0.25) is 10.0 Å². The van der Waals surface area contributed by atoms with Crippen molar-refractivity contribution in [1.82, 2.24) is 4.98 Å². The van der Waals surface area contributed by atoms with Crippen LogP contribution in [-0.2, 0) is 15.8 Å². The molecule has 2 heterocycles. The predicted octanol–water partition coefficient (Wildman–Crippen LogP) is 3.19. The van der Waals surface area contributed by atoms with Crippen LogP contribution < -0.4 is 4.72 Å². The van der Waals surface area contributed by atoms with Crippen LogP contribution in [0, 0.1) is 0 Å². The van der Waals surface area contributed by atoms with Crippen LogP contribution in [0.4, 0.5) is 5.69 Å². The molecule has 0 spiro atoms. The molecule has 0 unspecified atom stereocenters. The van der Waals surface area contributed by atoms with Gasteiger partial charge >= 0.3 is 0 Å². The van der Waals surface area contributed by atoms with E-state index in [0.29, 0.717) is 11.6 Å². The maximum atomic E-state index is 11.5. The van der Waals surface area contributed by atoms with Gasteiger partial charge < -0.3 is 0 Å². The van der Waals surface area contributed by atoms with E-state index in [4.69, 9.17) is 0 Å². The minimum Gasteiger partial charge on any atom is -0.283 e. The fraction of sp³-hybridized carbons (Fsp3) is 0.308.